The number of alkyl halides is 9. The number of rotatable bonds is 8. The van der Waals surface area contributed by atoms with Crippen LogP contribution in [0.5, 0.6) is 0 Å². The lowest BCUT2D eigenvalue weighted by molar-refractivity contribution is -0.138. The number of aromatic nitrogens is 2. The van der Waals surface area contributed by atoms with Crippen molar-refractivity contribution in [2.75, 3.05) is 6.61 Å². The van der Waals surface area contributed by atoms with Gasteiger partial charge in [0.25, 0.3) is 5.56 Å². The van der Waals surface area contributed by atoms with Crippen LogP contribution in [0.2, 0.25) is 0 Å². The number of carbonyl (C=O) groups is 3. The number of nitrogens with one attached hydrogen (secondary N) is 1. The summed E-state index contributed by atoms with van der Waals surface area (Å²) < 4.78 is 143. The van der Waals surface area contributed by atoms with Crippen molar-refractivity contribution in [3.63, 3.8) is 0 Å². The van der Waals surface area contributed by atoms with Gasteiger partial charge in [0, 0.05) is 11.8 Å². The number of carbonyl (C=O) groups excluding carboxylic acids is 3. The van der Waals surface area contributed by atoms with Crippen LogP contribution in [0.25, 0.3) is 0 Å². The highest BCUT2D eigenvalue weighted by Gasteiger charge is 2.52. The topological polar surface area (TPSA) is 143 Å². The molecule has 0 aliphatic carbocycles. The summed E-state index contributed by atoms with van der Waals surface area (Å²) in [5.41, 5.74) is -8.08. The van der Waals surface area contributed by atoms with Crippen LogP contribution in [0.4, 0.5) is 39.5 Å². The molecule has 0 radical (unpaired) electrons. The summed E-state index contributed by atoms with van der Waals surface area (Å²) in [7, 11) is 0. The van der Waals surface area contributed by atoms with E-state index in [4.69, 9.17) is 18.9 Å². The zero-order valence-corrected chi connectivity index (χ0v) is 27.0. The molecule has 0 saturated carbocycles. The van der Waals surface area contributed by atoms with Crippen molar-refractivity contribution in [3.8, 4) is 0 Å². The number of hydrogen-bond acceptors (Lipinski definition) is 9. The molecule has 1 N–H and O–H groups in total. The van der Waals surface area contributed by atoms with Crippen LogP contribution in [0.3, 0.4) is 0 Å². The number of hydrogen-bond donors (Lipinski definition) is 1. The predicted octanol–water partition coefficient (Wildman–Crippen LogP) is 6.11. The molecule has 11 nitrogen and oxygen atoms in total. The van der Waals surface area contributed by atoms with Crippen LogP contribution < -0.4 is 11.2 Å². The Balaban J connectivity index is 1.56. The molecule has 0 bridgehead atoms. The Labute approximate surface area is 295 Å². The molecule has 1 saturated heterocycles. The Morgan fingerprint density at radius 1 is 0.685 bits per heavy atom. The number of ether oxygens (including phenoxy) is 4. The minimum atomic E-state index is -4.93. The van der Waals surface area contributed by atoms with E-state index in [0.29, 0.717) is 41.0 Å². The van der Waals surface area contributed by atoms with E-state index >= 15 is 0 Å². The fourth-order valence-corrected chi connectivity index (χ4v) is 5.20. The third kappa shape index (κ3) is 8.81. The van der Waals surface area contributed by atoms with Gasteiger partial charge in [-0.15, -0.1) is 0 Å². The van der Waals surface area contributed by atoms with E-state index in [-0.39, 0.29) is 5.56 Å². The van der Waals surface area contributed by atoms with Gasteiger partial charge in [-0.05, 0) is 61.5 Å². The first-order valence-electron chi connectivity index (χ1n) is 15.2. The first kappa shape index (κ1) is 39.3. The molecule has 1 fully saturated rings. The lowest BCUT2D eigenvalue weighted by atomic mass is 10.1. The van der Waals surface area contributed by atoms with Gasteiger partial charge in [0.05, 0.1) is 33.4 Å². The quantitative estimate of drug-likeness (QED) is 0.128. The average Bonchev–Trinajstić information content (AvgIpc) is 3.43. The number of H-pyrrole nitrogens is 1. The molecule has 4 atom stereocenters. The first-order valence-corrected chi connectivity index (χ1v) is 15.2. The van der Waals surface area contributed by atoms with E-state index in [1.54, 1.807) is 0 Å². The summed E-state index contributed by atoms with van der Waals surface area (Å²) in [6, 6.07) is 8.59. The fraction of sp³-hybridized carbons (Fsp3) is 0.265. The van der Waals surface area contributed by atoms with Crippen molar-refractivity contribution in [3.05, 3.63) is 139 Å². The van der Waals surface area contributed by atoms with Crippen molar-refractivity contribution in [2.45, 2.75) is 50.0 Å². The van der Waals surface area contributed by atoms with Crippen LogP contribution in [0, 0.1) is 6.92 Å². The highest BCUT2D eigenvalue weighted by molar-refractivity contribution is 5.91. The molecule has 20 heteroatoms. The monoisotopic (exact) mass is 774 g/mol. The highest BCUT2D eigenvalue weighted by atomic mass is 19.4. The van der Waals surface area contributed by atoms with Crippen molar-refractivity contribution in [1.82, 2.24) is 9.55 Å². The molecule has 0 unspecified atom stereocenters. The molecule has 3 aromatic carbocycles. The second-order valence-corrected chi connectivity index (χ2v) is 11.6. The maximum absolute atomic E-state index is 13.4. The largest absolute Gasteiger partial charge is 0.459 e. The average molecular weight is 775 g/mol. The molecule has 2 heterocycles. The standard InChI is InChI=1S/C34H23F9N2O9/c1-16-14-45(31(50)44-26(16)46)27-25(54-30(49)19-7-4-10-22(13-19)34(41,42)43)24(53-29(48)18-6-3-9-21(12-18)33(38,39)40)23(52-27)15-51-28(47)17-5-2-8-20(11-17)32(35,36)37/h2-14,23-25,27H,15H2,1H3,(H,44,46,50)/t23-,24-,25-,27-/m1/s1. The van der Waals surface area contributed by atoms with E-state index in [9.17, 15) is 63.5 Å². The number of aryl methyl sites for hydroxylation is 1. The van der Waals surface area contributed by atoms with Crippen LogP contribution >= 0.6 is 0 Å². The molecule has 54 heavy (non-hydrogen) atoms. The molecule has 0 spiro atoms. The molecule has 286 valence electrons. The number of benzene rings is 3. The Bertz CT molecular complexity index is 2190. The molecule has 4 aromatic rings. The molecule has 1 aliphatic heterocycles. The second-order valence-electron chi connectivity index (χ2n) is 11.6. The SMILES string of the molecule is Cc1cn([C@@H]2O[C@H](COC(=O)c3cccc(C(F)(F)F)c3)[C@@H](OC(=O)c3cccc(C(F)(F)F)c3)[C@H]2OC(=O)c2cccc(C(F)(F)F)c2)c(=O)[nH]c1=O. The molecule has 5 rings (SSSR count). The van der Waals surface area contributed by atoms with Gasteiger partial charge in [0.1, 0.15) is 12.7 Å². The first-order chi connectivity index (χ1) is 25.1. The van der Waals surface area contributed by atoms with Gasteiger partial charge in [-0.25, -0.2) is 19.2 Å². The van der Waals surface area contributed by atoms with Gasteiger partial charge in [0.15, 0.2) is 18.4 Å². The number of esters is 3. The Morgan fingerprint density at radius 2 is 1.11 bits per heavy atom. The fourth-order valence-electron chi connectivity index (χ4n) is 5.20. The van der Waals surface area contributed by atoms with Crippen molar-refractivity contribution in [2.24, 2.45) is 0 Å². The minimum Gasteiger partial charge on any atom is -0.459 e. The molecule has 1 aliphatic rings. The Morgan fingerprint density at radius 3 is 1.56 bits per heavy atom. The van der Waals surface area contributed by atoms with E-state index in [0.717, 1.165) is 42.6 Å². The maximum atomic E-state index is 13.4. The third-order valence-electron chi connectivity index (χ3n) is 7.85. The zero-order valence-electron chi connectivity index (χ0n) is 27.0. The van der Waals surface area contributed by atoms with Gasteiger partial charge in [0.2, 0.25) is 0 Å². The summed E-state index contributed by atoms with van der Waals surface area (Å²) in [6.45, 7) is 0.188. The highest BCUT2D eigenvalue weighted by Crippen LogP contribution is 2.37. The van der Waals surface area contributed by atoms with Crippen LogP contribution in [-0.2, 0) is 37.5 Å². The molecular formula is C34H23F9N2O9. The summed E-state index contributed by atoms with van der Waals surface area (Å²) in [6.07, 6.45) is -21.7. The summed E-state index contributed by atoms with van der Waals surface area (Å²) in [4.78, 5) is 66.6. The van der Waals surface area contributed by atoms with E-state index in [1.165, 1.54) is 6.92 Å². The normalized spacial score (nSPS) is 18.9. The van der Waals surface area contributed by atoms with E-state index in [1.807, 2.05) is 4.98 Å². The van der Waals surface area contributed by atoms with Gasteiger partial charge < -0.3 is 18.9 Å². The smallest absolute Gasteiger partial charge is 0.416 e. The van der Waals surface area contributed by atoms with Crippen molar-refractivity contribution >= 4 is 17.9 Å². The molecular weight excluding hydrogens is 751 g/mol. The number of aromatic amines is 1. The molecule has 0 amide bonds. The summed E-state index contributed by atoms with van der Waals surface area (Å²) in [5, 5.41) is 0. The van der Waals surface area contributed by atoms with Crippen LogP contribution in [-0.4, -0.2) is 52.4 Å². The second kappa shape index (κ2) is 14.8. The number of nitrogens with zero attached hydrogens (tertiary/aromatic N) is 1. The molecule has 1 aromatic heterocycles. The Kier molecular flexibility index (Phi) is 10.8. The van der Waals surface area contributed by atoms with Gasteiger partial charge >= 0.3 is 42.1 Å². The minimum absolute atomic E-state index is 0.141. The van der Waals surface area contributed by atoms with E-state index < -0.39 is 112 Å². The summed E-state index contributed by atoms with van der Waals surface area (Å²) >= 11 is 0. The number of halogens is 9. The van der Waals surface area contributed by atoms with Gasteiger partial charge in [-0.2, -0.15) is 39.5 Å². The van der Waals surface area contributed by atoms with Crippen LogP contribution in [0.1, 0.15) is 59.6 Å². The lowest BCUT2D eigenvalue weighted by Gasteiger charge is -2.25. The Hall–Kier alpha value is -5.92. The van der Waals surface area contributed by atoms with Crippen molar-refractivity contribution in [1.29, 1.82) is 0 Å². The van der Waals surface area contributed by atoms with Gasteiger partial charge in [-0.3, -0.25) is 14.3 Å². The third-order valence-corrected chi connectivity index (χ3v) is 7.85. The van der Waals surface area contributed by atoms with Crippen LogP contribution in [0.15, 0.2) is 88.6 Å². The lowest BCUT2D eigenvalue weighted by Crippen LogP contribution is -2.43. The summed E-state index contributed by atoms with van der Waals surface area (Å²) in [5.74, 6) is -4.42. The van der Waals surface area contributed by atoms with Crippen molar-refractivity contribution < 1.29 is 72.8 Å². The zero-order chi connectivity index (χ0) is 39.7. The van der Waals surface area contributed by atoms with E-state index in [2.05, 4.69) is 0 Å². The maximum Gasteiger partial charge on any atom is 0.416 e. The predicted molar refractivity (Wildman–Crippen MR) is 163 cm³/mol. The van der Waals surface area contributed by atoms with Gasteiger partial charge in [-0.1, -0.05) is 18.2 Å².